The minimum Gasteiger partial charge on any atom is -0.394 e. The largest absolute Gasteiger partial charge is 0.394 e. The predicted octanol–water partition coefficient (Wildman–Crippen LogP) is 19.6. The number of aliphatic hydroxyl groups is 2. The van der Waals surface area contributed by atoms with Crippen molar-refractivity contribution < 1.29 is 15.0 Å². The molecule has 0 spiro atoms. The van der Waals surface area contributed by atoms with E-state index in [1.165, 1.54) is 270 Å². The number of unbranched alkanes of at least 4 members (excludes halogenated alkanes) is 44. The summed E-state index contributed by atoms with van der Waals surface area (Å²) in [5.74, 6) is -0.0741. The molecule has 0 rings (SSSR count). The summed E-state index contributed by atoms with van der Waals surface area (Å²) >= 11 is 0. The Kier molecular flexibility index (Phi) is 55.7. The zero-order valence-electron chi connectivity index (χ0n) is 44.3. The Bertz CT molecular complexity index is 989. The topological polar surface area (TPSA) is 69.6 Å². The second-order valence-electron chi connectivity index (χ2n) is 20.4. The molecule has 0 fully saturated rings. The lowest BCUT2D eigenvalue weighted by Crippen LogP contribution is -2.45. The molecule has 0 radical (unpaired) electrons. The van der Waals surface area contributed by atoms with Gasteiger partial charge in [-0.1, -0.05) is 320 Å². The number of hydrogen-bond donors (Lipinski definition) is 3. The third kappa shape index (κ3) is 53.4. The van der Waals surface area contributed by atoms with E-state index < -0.39 is 12.1 Å². The first-order chi connectivity index (χ1) is 32.2. The quantitative estimate of drug-likeness (QED) is 0.0421. The van der Waals surface area contributed by atoms with Crippen molar-refractivity contribution in [1.82, 2.24) is 5.32 Å². The number of nitrogens with one attached hydrogen (secondary N) is 1. The number of carbonyl (C=O) groups excluding carboxylic acids is 1. The van der Waals surface area contributed by atoms with E-state index >= 15 is 0 Å². The Hall–Kier alpha value is -1.39. The van der Waals surface area contributed by atoms with Gasteiger partial charge in [0.2, 0.25) is 5.91 Å². The van der Waals surface area contributed by atoms with Gasteiger partial charge in [-0.05, 0) is 38.5 Å². The Balaban J connectivity index is 3.34. The fraction of sp³-hybridized carbons (Fsp3) is 0.885. The van der Waals surface area contributed by atoms with Crippen LogP contribution in [0.2, 0.25) is 0 Å². The van der Waals surface area contributed by atoms with Gasteiger partial charge in [0.05, 0.1) is 18.8 Å². The molecular formula is C61H117NO3. The number of carbonyl (C=O) groups is 1. The summed E-state index contributed by atoms with van der Waals surface area (Å²) < 4.78 is 0. The monoisotopic (exact) mass is 912 g/mol. The summed E-state index contributed by atoms with van der Waals surface area (Å²) in [5, 5.41) is 23.0. The second kappa shape index (κ2) is 56.9. The SMILES string of the molecule is CCCC/C=C/CC/C=C/CC/C=C/C(O)C(CO)NC(=O)CCCCCCCCCCCCCCCCCCCCCCCCCCCCCCCCCCCCCCCCCCC. The first-order valence-corrected chi connectivity index (χ1v) is 29.7. The maximum atomic E-state index is 12.4. The average Bonchev–Trinajstić information content (AvgIpc) is 3.31. The first kappa shape index (κ1) is 63.6. The van der Waals surface area contributed by atoms with Crippen molar-refractivity contribution in [3.05, 3.63) is 36.5 Å². The molecule has 2 unspecified atom stereocenters. The van der Waals surface area contributed by atoms with Crippen LogP contribution in [0.4, 0.5) is 0 Å². The molecule has 4 heteroatoms. The van der Waals surface area contributed by atoms with Gasteiger partial charge in [0.15, 0.2) is 0 Å². The molecule has 0 aliphatic rings. The van der Waals surface area contributed by atoms with Crippen molar-refractivity contribution >= 4 is 5.91 Å². The average molecular weight is 913 g/mol. The van der Waals surface area contributed by atoms with Gasteiger partial charge in [0.1, 0.15) is 0 Å². The zero-order valence-corrected chi connectivity index (χ0v) is 44.3. The van der Waals surface area contributed by atoms with E-state index in [-0.39, 0.29) is 12.5 Å². The summed E-state index contributed by atoms with van der Waals surface area (Å²) in [7, 11) is 0. The number of hydrogen-bond acceptors (Lipinski definition) is 3. The van der Waals surface area contributed by atoms with Crippen LogP contribution in [0.25, 0.3) is 0 Å². The maximum absolute atomic E-state index is 12.4. The molecule has 0 bridgehead atoms. The summed E-state index contributed by atoms with van der Waals surface area (Å²) in [5.41, 5.74) is 0. The number of allylic oxidation sites excluding steroid dienone is 5. The lowest BCUT2D eigenvalue weighted by atomic mass is 10.0. The van der Waals surface area contributed by atoms with E-state index in [4.69, 9.17) is 0 Å². The van der Waals surface area contributed by atoms with Gasteiger partial charge in [-0.3, -0.25) is 4.79 Å². The molecule has 65 heavy (non-hydrogen) atoms. The van der Waals surface area contributed by atoms with Gasteiger partial charge in [-0.25, -0.2) is 0 Å². The van der Waals surface area contributed by atoms with Crippen LogP contribution in [0, 0.1) is 0 Å². The summed E-state index contributed by atoms with van der Waals surface area (Å²) in [6.45, 7) is 4.27. The molecule has 4 nitrogen and oxygen atoms in total. The first-order valence-electron chi connectivity index (χ1n) is 29.7. The van der Waals surface area contributed by atoms with Crippen molar-refractivity contribution in [2.45, 2.75) is 341 Å². The fourth-order valence-corrected chi connectivity index (χ4v) is 9.32. The van der Waals surface area contributed by atoms with Gasteiger partial charge in [-0.2, -0.15) is 0 Å². The highest BCUT2D eigenvalue weighted by Crippen LogP contribution is 2.18. The number of aliphatic hydroxyl groups excluding tert-OH is 2. The summed E-state index contributed by atoms with van der Waals surface area (Å²) in [4.78, 5) is 12.4. The molecule has 384 valence electrons. The molecule has 0 heterocycles. The highest BCUT2D eigenvalue weighted by molar-refractivity contribution is 5.76. The van der Waals surface area contributed by atoms with Gasteiger partial charge in [-0.15, -0.1) is 0 Å². The third-order valence-electron chi connectivity index (χ3n) is 13.9. The number of amides is 1. The molecule has 0 saturated carbocycles. The molecule has 0 aromatic carbocycles. The molecule has 3 N–H and O–H groups in total. The Labute approximate surface area is 408 Å². The zero-order chi connectivity index (χ0) is 47.0. The van der Waals surface area contributed by atoms with E-state index in [9.17, 15) is 15.0 Å². The van der Waals surface area contributed by atoms with Crippen molar-refractivity contribution in [2.75, 3.05) is 6.61 Å². The van der Waals surface area contributed by atoms with Gasteiger partial charge < -0.3 is 15.5 Å². The standard InChI is InChI=1S/C61H117NO3/c1-3-5-7-9-11-13-15-17-18-19-20-21-22-23-24-25-26-27-28-29-30-31-32-33-34-35-36-37-38-39-40-41-42-43-44-45-47-49-51-53-55-57-61(65)62-59(58-63)60(64)56-54-52-50-48-46-16-14-12-10-8-6-4-2/h10,12,46,48,54,56,59-60,63-64H,3-9,11,13-45,47,49-53,55,57-58H2,1-2H3,(H,62,65)/b12-10+,48-46+,56-54+. The minimum absolute atomic E-state index is 0.0741. The molecule has 1 amide bonds. The normalized spacial score (nSPS) is 13.0. The Morgan fingerprint density at radius 1 is 0.354 bits per heavy atom. The molecule has 0 aliphatic heterocycles. The van der Waals surface area contributed by atoms with Crippen molar-refractivity contribution in [2.24, 2.45) is 0 Å². The Morgan fingerprint density at radius 3 is 0.877 bits per heavy atom. The smallest absolute Gasteiger partial charge is 0.220 e. The van der Waals surface area contributed by atoms with E-state index in [2.05, 4.69) is 43.5 Å². The lowest BCUT2D eigenvalue weighted by molar-refractivity contribution is -0.123. The molecule has 0 aliphatic carbocycles. The highest BCUT2D eigenvalue weighted by atomic mass is 16.3. The van der Waals surface area contributed by atoms with Crippen LogP contribution in [0.5, 0.6) is 0 Å². The second-order valence-corrected chi connectivity index (χ2v) is 20.4. The molecule has 2 atom stereocenters. The fourth-order valence-electron chi connectivity index (χ4n) is 9.32. The van der Waals surface area contributed by atoms with E-state index in [0.717, 1.165) is 38.5 Å². The molecule has 0 aromatic rings. The highest BCUT2D eigenvalue weighted by Gasteiger charge is 2.18. The van der Waals surface area contributed by atoms with Crippen LogP contribution < -0.4 is 5.32 Å². The molecule has 0 aromatic heterocycles. The molecule has 0 saturated heterocycles. The number of rotatable bonds is 55. The molecular weight excluding hydrogens is 795 g/mol. The van der Waals surface area contributed by atoms with E-state index in [1.54, 1.807) is 6.08 Å². The van der Waals surface area contributed by atoms with Gasteiger partial charge >= 0.3 is 0 Å². The van der Waals surface area contributed by atoms with Crippen molar-refractivity contribution in [3.8, 4) is 0 Å². The van der Waals surface area contributed by atoms with E-state index in [1.807, 2.05) is 6.08 Å². The third-order valence-corrected chi connectivity index (χ3v) is 13.9. The van der Waals surface area contributed by atoms with Crippen LogP contribution in [-0.2, 0) is 4.79 Å². The van der Waals surface area contributed by atoms with Crippen molar-refractivity contribution in [3.63, 3.8) is 0 Å². The minimum atomic E-state index is -0.867. The van der Waals surface area contributed by atoms with Crippen molar-refractivity contribution in [1.29, 1.82) is 0 Å². The predicted molar refractivity (Wildman–Crippen MR) is 290 cm³/mol. The van der Waals surface area contributed by atoms with Gasteiger partial charge in [0, 0.05) is 6.42 Å². The maximum Gasteiger partial charge on any atom is 0.220 e. The van der Waals surface area contributed by atoms with Crippen LogP contribution >= 0.6 is 0 Å². The van der Waals surface area contributed by atoms with Crippen LogP contribution in [0.15, 0.2) is 36.5 Å². The summed E-state index contributed by atoms with van der Waals surface area (Å²) in [6, 6.07) is -0.642. The van der Waals surface area contributed by atoms with Gasteiger partial charge in [0.25, 0.3) is 0 Å². The summed E-state index contributed by atoms with van der Waals surface area (Å²) in [6.07, 6.45) is 77.9. The lowest BCUT2D eigenvalue weighted by Gasteiger charge is -2.19. The van der Waals surface area contributed by atoms with Crippen LogP contribution in [0.3, 0.4) is 0 Å². The van der Waals surface area contributed by atoms with Crippen LogP contribution in [-0.4, -0.2) is 34.9 Å². The Morgan fingerprint density at radius 2 is 0.600 bits per heavy atom. The van der Waals surface area contributed by atoms with Crippen LogP contribution in [0.1, 0.15) is 328 Å². The van der Waals surface area contributed by atoms with E-state index in [0.29, 0.717) is 6.42 Å².